The Morgan fingerprint density at radius 2 is 2.07 bits per heavy atom. The Bertz CT molecular complexity index is 1160. The van der Waals surface area contributed by atoms with Crippen LogP contribution in [0.4, 0.5) is 20.4 Å². The summed E-state index contributed by atoms with van der Waals surface area (Å²) in [5, 5.41) is 21.6. The van der Waals surface area contributed by atoms with Crippen LogP contribution in [0.1, 0.15) is 5.56 Å². The molecular weight excluding hydrogens is 412 g/mol. The standard InChI is InChI=1S/C20H17F2N5O2S/c1-29-18-7-13(21)3-4-16(18)19-17(22)9-24-20(27-19)26-14-5-12(6-15(28)8-14)10-30(2)25-11-23/h3-9,28H,10H2,1-2H3,(H,24,26,27). The summed E-state index contributed by atoms with van der Waals surface area (Å²) in [6, 6.07) is 8.48. The first-order valence-electron chi connectivity index (χ1n) is 8.58. The predicted octanol–water partition coefficient (Wildman–Crippen LogP) is 4.29. The van der Waals surface area contributed by atoms with Crippen molar-refractivity contribution in [3.05, 3.63) is 59.8 Å². The molecule has 3 aromatic rings. The third-order valence-electron chi connectivity index (χ3n) is 3.97. The van der Waals surface area contributed by atoms with Crippen molar-refractivity contribution in [1.29, 1.82) is 5.26 Å². The lowest BCUT2D eigenvalue weighted by Crippen LogP contribution is -2.02. The molecule has 30 heavy (non-hydrogen) atoms. The fourth-order valence-electron chi connectivity index (χ4n) is 2.78. The first kappa shape index (κ1) is 21.1. The summed E-state index contributed by atoms with van der Waals surface area (Å²) in [6.45, 7) is 0. The maximum absolute atomic E-state index is 14.4. The normalized spacial score (nSPS) is 11.7. The van der Waals surface area contributed by atoms with Crippen molar-refractivity contribution in [3.8, 4) is 28.9 Å². The van der Waals surface area contributed by atoms with E-state index in [1.54, 1.807) is 18.3 Å². The van der Waals surface area contributed by atoms with Crippen LogP contribution in [-0.4, -0.2) is 28.4 Å². The van der Waals surface area contributed by atoms with Gasteiger partial charge in [-0.3, -0.25) is 0 Å². The van der Waals surface area contributed by atoms with Crippen LogP contribution in [0.3, 0.4) is 0 Å². The first-order valence-corrected chi connectivity index (χ1v) is 10.3. The van der Waals surface area contributed by atoms with E-state index in [0.717, 1.165) is 17.8 Å². The molecule has 0 saturated heterocycles. The molecule has 1 unspecified atom stereocenters. The summed E-state index contributed by atoms with van der Waals surface area (Å²) in [7, 11) is 0.830. The van der Waals surface area contributed by atoms with Crippen LogP contribution in [0.2, 0.25) is 0 Å². The summed E-state index contributed by atoms with van der Waals surface area (Å²) in [6.07, 6.45) is 4.57. The van der Waals surface area contributed by atoms with E-state index in [-0.39, 0.29) is 28.7 Å². The highest BCUT2D eigenvalue weighted by Crippen LogP contribution is 2.32. The molecule has 0 spiro atoms. The van der Waals surface area contributed by atoms with E-state index in [2.05, 4.69) is 19.6 Å². The largest absolute Gasteiger partial charge is 0.508 e. The van der Waals surface area contributed by atoms with Crippen molar-refractivity contribution in [2.75, 3.05) is 18.7 Å². The fraction of sp³-hybridized carbons (Fsp3) is 0.150. The van der Waals surface area contributed by atoms with Gasteiger partial charge in [-0.15, -0.1) is 0 Å². The summed E-state index contributed by atoms with van der Waals surface area (Å²) < 4.78 is 36.7. The second kappa shape index (κ2) is 9.28. The Kier molecular flexibility index (Phi) is 6.54. The summed E-state index contributed by atoms with van der Waals surface area (Å²) >= 11 is 0. The molecule has 0 fully saturated rings. The second-order valence-corrected chi connectivity index (χ2v) is 7.86. The van der Waals surface area contributed by atoms with E-state index in [1.165, 1.54) is 25.3 Å². The number of nitrogens with zero attached hydrogens (tertiary/aromatic N) is 4. The van der Waals surface area contributed by atoms with E-state index in [0.29, 0.717) is 11.4 Å². The number of hydrogen-bond donors (Lipinski definition) is 2. The zero-order valence-corrected chi connectivity index (χ0v) is 16.9. The van der Waals surface area contributed by atoms with Crippen LogP contribution in [-0.2, 0) is 16.4 Å². The highest BCUT2D eigenvalue weighted by atomic mass is 32.2. The monoisotopic (exact) mass is 429 g/mol. The van der Waals surface area contributed by atoms with Gasteiger partial charge in [0, 0.05) is 29.1 Å². The third kappa shape index (κ3) is 5.07. The minimum absolute atomic E-state index is 0.00602. The molecule has 3 rings (SSSR count). The Labute approximate surface area is 174 Å². The van der Waals surface area contributed by atoms with Gasteiger partial charge in [-0.25, -0.2) is 18.7 Å². The average Bonchev–Trinajstić information content (AvgIpc) is 2.69. The van der Waals surface area contributed by atoms with Crippen molar-refractivity contribution in [3.63, 3.8) is 0 Å². The molecule has 10 heteroatoms. The number of benzene rings is 2. The van der Waals surface area contributed by atoms with Crippen LogP contribution in [0, 0.1) is 23.1 Å². The molecular formula is C20H17F2N5O2S. The SMILES string of the molecule is COc1cc(F)ccc1-c1nc(Nc2cc(O)cc(CS(C)=NC#N)c2)ncc1F. The maximum Gasteiger partial charge on any atom is 0.227 e. The van der Waals surface area contributed by atoms with Gasteiger partial charge in [0.2, 0.25) is 12.1 Å². The molecule has 154 valence electrons. The molecule has 0 amide bonds. The van der Waals surface area contributed by atoms with Crippen molar-refractivity contribution in [2.45, 2.75) is 5.75 Å². The number of anilines is 2. The molecule has 0 radical (unpaired) electrons. The predicted molar refractivity (Wildman–Crippen MR) is 110 cm³/mol. The first-order chi connectivity index (χ1) is 14.4. The zero-order valence-electron chi connectivity index (χ0n) is 16.1. The van der Waals surface area contributed by atoms with E-state index in [1.807, 2.05) is 6.26 Å². The second-order valence-electron chi connectivity index (χ2n) is 6.18. The van der Waals surface area contributed by atoms with Gasteiger partial charge in [0.25, 0.3) is 0 Å². The Hall–Kier alpha value is -3.58. The Morgan fingerprint density at radius 1 is 1.27 bits per heavy atom. The topological polar surface area (TPSA) is 103 Å². The van der Waals surface area contributed by atoms with Gasteiger partial charge < -0.3 is 15.2 Å². The number of phenolic OH excluding ortho intramolecular Hbond substituents is 1. The summed E-state index contributed by atoms with van der Waals surface area (Å²) in [4.78, 5) is 8.11. The third-order valence-corrected chi connectivity index (χ3v) is 5.11. The number of halogens is 2. The van der Waals surface area contributed by atoms with Crippen molar-refractivity contribution < 1.29 is 18.6 Å². The molecule has 0 saturated carbocycles. The summed E-state index contributed by atoms with van der Waals surface area (Å²) in [5.74, 6) is -0.532. The molecule has 0 aliphatic rings. The quantitative estimate of drug-likeness (QED) is 0.567. The lowest BCUT2D eigenvalue weighted by atomic mass is 10.1. The number of rotatable bonds is 6. The Balaban J connectivity index is 1.94. The summed E-state index contributed by atoms with van der Waals surface area (Å²) in [5.41, 5.74) is 1.44. The van der Waals surface area contributed by atoms with Gasteiger partial charge in [-0.05, 0) is 36.1 Å². The van der Waals surface area contributed by atoms with Crippen LogP contribution >= 0.6 is 0 Å². The van der Waals surface area contributed by atoms with Gasteiger partial charge in [0.05, 0.1) is 13.3 Å². The van der Waals surface area contributed by atoms with Crippen LogP contribution in [0.5, 0.6) is 11.5 Å². The van der Waals surface area contributed by atoms with Crippen molar-refractivity contribution >= 4 is 22.3 Å². The van der Waals surface area contributed by atoms with E-state index < -0.39 is 22.3 Å². The van der Waals surface area contributed by atoms with Gasteiger partial charge in [0.15, 0.2) is 5.82 Å². The average molecular weight is 429 g/mol. The number of methoxy groups -OCH3 is 1. The van der Waals surface area contributed by atoms with Crippen LogP contribution in [0.15, 0.2) is 47.0 Å². The van der Waals surface area contributed by atoms with Gasteiger partial charge >= 0.3 is 0 Å². The molecule has 1 aromatic heterocycles. The zero-order chi connectivity index (χ0) is 21.7. The van der Waals surface area contributed by atoms with Gasteiger partial charge in [0.1, 0.15) is 23.0 Å². The highest BCUT2D eigenvalue weighted by Gasteiger charge is 2.15. The van der Waals surface area contributed by atoms with E-state index in [4.69, 9.17) is 10.00 Å². The lowest BCUT2D eigenvalue weighted by molar-refractivity contribution is 0.412. The van der Waals surface area contributed by atoms with E-state index >= 15 is 0 Å². The number of phenols is 1. The number of nitriles is 1. The molecule has 2 N–H and O–H groups in total. The molecule has 0 aliphatic carbocycles. The fourth-order valence-corrected chi connectivity index (χ4v) is 3.63. The number of nitrogens with one attached hydrogen (secondary N) is 1. The maximum atomic E-state index is 14.4. The number of ether oxygens (including phenoxy) is 1. The van der Waals surface area contributed by atoms with Crippen molar-refractivity contribution in [1.82, 2.24) is 9.97 Å². The number of aromatic hydroxyl groups is 1. The molecule has 2 aromatic carbocycles. The smallest absolute Gasteiger partial charge is 0.227 e. The number of aromatic nitrogens is 2. The lowest BCUT2D eigenvalue weighted by Gasteiger charge is -2.12. The number of hydrogen-bond acceptors (Lipinski definition) is 7. The molecule has 1 heterocycles. The minimum atomic E-state index is -0.699. The van der Waals surface area contributed by atoms with Gasteiger partial charge in [-0.1, -0.05) is 10.7 Å². The molecule has 0 aliphatic heterocycles. The van der Waals surface area contributed by atoms with Crippen LogP contribution in [0.25, 0.3) is 11.3 Å². The van der Waals surface area contributed by atoms with Crippen molar-refractivity contribution in [2.24, 2.45) is 4.36 Å². The molecule has 0 bridgehead atoms. The van der Waals surface area contributed by atoms with Crippen LogP contribution < -0.4 is 10.1 Å². The Morgan fingerprint density at radius 3 is 2.80 bits per heavy atom. The molecule has 7 nitrogen and oxygen atoms in total. The highest BCUT2D eigenvalue weighted by molar-refractivity contribution is 7.85. The minimum Gasteiger partial charge on any atom is -0.508 e. The molecule has 1 atom stereocenters. The van der Waals surface area contributed by atoms with Gasteiger partial charge in [-0.2, -0.15) is 9.62 Å². The van der Waals surface area contributed by atoms with E-state index in [9.17, 15) is 13.9 Å².